The number of hydrogen-bond donors (Lipinski definition) is 2. The topological polar surface area (TPSA) is 106 Å². The van der Waals surface area contributed by atoms with E-state index in [1.807, 2.05) is 24.3 Å². The van der Waals surface area contributed by atoms with Gasteiger partial charge in [0.25, 0.3) is 0 Å². The molecule has 2 N–H and O–H groups in total. The number of allylic oxidation sites excluding steroid dienone is 2. The Labute approximate surface area is 348 Å². The van der Waals surface area contributed by atoms with Gasteiger partial charge in [-0.3, -0.25) is 4.79 Å². The van der Waals surface area contributed by atoms with E-state index in [1.165, 1.54) is 6.07 Å². The number of ketones is 1. The number of rotatable bonds is 10. The molecule has 7 atom stereocenters. The molecule has 0 radical (unpaired) electrons. The summed E-state index contributed by atoms with van der Waals surface area (Å²) in [5.41, 5.74) is 1.34. The van der Waals surface area contributed by atoms with Gasteiger partial charge in [-0.1, -0.05) is 57.9 Å². The van der Waals surface area contributed by atoms with Crippen molar-refractivity contribution in [2.24, 2.45) is 23.2 Å². The van der Waals surface area contributed by atoms with Crippen LogP contribution in [0.15, 0.2) is 66.2 Å². The second-order valence-electron chi connectivity index (χ2n) is 18.2. The van der Waals surface area contributed by atoms with Crippen LogP contribution in [0.2, 0.25) is 0 Å². The van der Waals surface area contributed by atoms with Gasteiger partial charge in [-0.15, -0.1) is 0 Å². The Hall–Kier alpha value is -4.28. The summed E-state index contributed by atoms with van der Waals surface area (Å²) in [7, 11) is 3.15. The van der Waals surface area contributed by atoms with Crippen molar-refractivity contribution >= 4 is 11.9 Å². The van der Waals surface area contributed by atoms with Gasteiger partial charge >= 0.3 is 6.09 Å². The molecule has 3 aromatic rings. The number of ether oxygens (including phenoxy) is 3. The van der Waals surface area contributed by atoms with Crippen LogP contribution in [-0.4, -0.2) is 65.6 Å². The molecule has 59 heavy (non-hydrogen) atoms. The van der Waals surface area contributed by atoms with E-state index in [0.717, 1.165) is 48.1 Å². The zero-order valence-electron chi connectivity index (χ0n) is 35.9. The first-order chi connectivity index (χ1) is 28.0. The maximum Gasteiger partial charge on any atom is 0.410 e. The Morgan fingerprint density at radius 1 is 0.949 bits per heavy atom. The number of benzene rings is 3. The Morgan fingerprint density at radius 3 is 2.44 bits per heavy atom. The molecule has 0 heterocycles. The average Bonchev–Trinajstić information content (AvgIpc) is 3.45. The molecule has 7 rings (SSSR count). The fourth-order valence-electron chi connectivity index (χ4n) is 10.1. The maximum atomic E-state index is 14.7. The van der Waals surface area contributed by atoms with Crippen molar-refractivity contribution in [3.05, 3.63) is 106 Å². The zero-order chi connectivity index (χ0) is 42.6. The number of aliphatic hydroxyl groups is 2. The maximum absolute atomic E-state index is 14.7. The van der Waals surface area contributed by atoms with Gasteiger partial charge in [0.2, 0.25) is 0 Å². The van der Waals surface area contributed by atoms with Crippen molar-refractivity contribution in [3.8, 4) is 11.5 Å². The summed E-state index contributed by atoms with van der Waals surface area (Å²) >= 11 is 0. The number of amides is 1. The number of nitrogens with zero attached hydrogens (tertiary/aromatic N) is 1. The highest BCUT2D eigenvalue weighted by molar-refractivity contribution is 6.10. The lowest BCUT2D eigenvalue weighted by Crippen LogP contribution is -2.54. The Bertz CT molecular complexity index is 2020. The summed E-state index contributed by atoms with van der Waals surface area (Å²) < 4.78 is 46.3. The molecule has 2 fully saturated rings. The number of hydrogen-bond acceptors (Lipinski definition) is 7. The fraction of sp³-hybridized carbons (Fsp3) is 0.551. The quantitative estimate of drug-likeness (QED) is 0.155. The third-order valence-electron chi connectivity index (χ3n) is 13.9. The number of fused-ring (bicyclic) bond motifs is 8. The van der Waals surface area contributed by atoms with E-state index < -0.39 is 40.6 Å². The normalized spacial score (nSPS) is 27.4. The van der Waals surface area contributed by atoms with E-state index in [1.54, 1.807) is 31.3 Å². The van der Waals surface area contributed by atoms with Gasteiger partial charge in [0.1, 0.15) is 17.6 Å². The lowest BCUT2D eigenvalue weighted by molar-refractivity contribution is -0.0877. The Balaban J connectivity index is 1.43. The van der Waals surface area contributed by atoms with Crippen LogP contribution in [-0.2, 0) is 17.7 Å². The first-order valence-electron chi connectivity index (χ1n) is 21.4. The molecule has 0 aromatic heterocycles. The summed E-state index contributed by atoms with van der Waals surface area (Å²) in [4.78, 5) is 30.7. The van der Waals surface area contributed by atoms with Crippen molar-refractivity contribution in [1.29, 1.82) is 0 Å². The largest absolute Gasteiger partial charge is 0.497 e. The molecular weight excluding hydrogens is 753 g/mol. The molecule has 0 spiro atoms. The van der Waals surface area contributed by atoms with E-state index in [9.17, 15) is 28.6 Å². The van der Waals surface area contributed by atoms with Gasteiger partial charge < -0.3 is 29.3 Å². The summed E-state index contributed by atoms with van der Waals surface area (Å²) in [6.45, 7) is 10.7. The van der Waals surface area contributed by atoms with E-state index in [2.05, 4.69) is 40.7 Å². The van der Waals surface area contributed by atoms with E-state index in [4.69, 9.17) is 14.2 Å². The Morgan fingerprint density at radius 2 is 1.73 bits per heavy atom. The molecule has 4 aliphatic carbocycles. The van der Waals surface area contributed by atoms with Crippen molar-refractivity contribution in [1.82, 2.24) is 4.90 Å². The molecular formula is C49H63F2NO7. The second kappa shape index (κ2) is 18.5. The molecule has 3 aromatic carbocycles. The van der Waals surface area contributed by atoms with Crippen LogP contribution in [0.25, 0.3) is 0 Å². The monoisotopic (exact) mass is 815 g/mol. The SMILES string of the molecule is COc1ccc(CN(C[C@]2(O)CC[C@H]3c4ccc(cc4C(=O)c4ccc(F)c(F)c4)C[C@@H](O)CCC(C)=CCC[C@@]32C)C(=O)O[C@H]2C[C@@H](C)CC[C@@H]2C(C)C)c(OC)c1. The van der Waals surface area contributed by atoms with Crippen LogP contribution in [0, 0.1) is 34.8 Å². The molecule has 4 aliphatic rings. The van der Waals surface area contributed by atoms with Gasteiger partial charge in [-0.25, -0.2) is 13.6 Å². The first kappa shape index (κ1) is 44.3. The number of methoxy groups -OCH3 is 2. The lowest BCUT2D eigenvalue weighted by atomic mass is 9.64. The van der Waals surface area contributed by atoms with Gasteiger partial charge in [-0.2, -0.15) is 0 Å². The van der Waals surface area contributed by atoms with Gasteiger partial charge in [0.15, 0.2) is 17.4 Å². The van der Waals surface area contributed by atoms with Gasteiger partial charge in [0.05, 0.1) is 39.0 Å². The van der Waals surface area contributed by atoms with Gasteiger partial charge in [-0.05, 0) is 136 Å². The molecule has 2 saturated carbocycles. The molecule has 1 amide bonds. The highest BCUT2D eigenvalue weighted by atomic mass is 19.2. The van der Waals surface area contributed by atoms with Crippen LogP contribution in [0.1, 0.15) is 131 Å². The summed E-state index contributed by atoms with van der Waals surface area (Å²) in [6, 6.07) is 14.2. The first-order valence-corrected chi connectivity index (χ1v) is 21.4. The third kappa shape index (κ3) is 9.70. The minimum atomic E-state index is -1.44. The second-order valence-corrected chi connectivity index (χ2v) is 18.2. The minimum absolute atomic E-state index is 0.0107. The molecule has 2 bridgehead atoms. The molecule has 0 unspecified atom stereocenters. The van der Waals surface area contributed by atoms with Crippen molar-refractivity contribution < 1.29 is 42.8 Å². The zero-order valence-corrected chi connectivity index (χ0v) is 35.9. The number of carbonyl (C=O) groups is 2. The van der Waals surface area contributed by atoms with E-state index in [-0.39, 0.29) is 36.6 Å². The summed E-state index contributed by atoms with van der Waals surface area (Å²) in [5, 5.41) is 24.3. The average molecular weight is 816 g/mol. The Kier molecular flexibility index (Phi) is 13.9. The van der Waals surface area contributed by atoms with E-state index in [0.29, 0.717) is 79.4 Å². The third-order valence-corrected chi connectivity index (χ3v) is 13.9. The summed E-state index contributed by atoms with van der Waals surface area (Å²) in [5.74, 6) is -0.871. The van der Waals surface area contributed by atoms with Crippen molar-refractivity contribution in [2.45, 2.75) is 129 Å². The predicted molar refractivity (Wildman–Crippen MR) is 225 cm³/mol. The van der Waals surface area contributed by atoms with Crippen molar-refractivity contribution in [3.63, 3.8) is 0 Å². The van der Waals surface area contributed by atoms with Crippen LogP contribution in [0.3, 0.4) is 0 Å². The van der Waals surface area contributed by atoms with Crippen LogP contribution < -0.4 is 9.47 Å². The van der Waals surface area contributed by atoms with Crippen LogP contribution in [0.5, 0.6) is 11.5 Å². The standard InChI is InChI=1S/C49H63F2NO7/c1-30(2)38-17-11-32(4)23-45(38)59-47(55)52(28-35-13-16-37(57-6)27-44(35)58-7)29-49(56)22-20-41-39-18-12-33(24-36(53)15-10-31(3)9-8-21-48(41,49)5)25-40(39)46(54)34-14-19-42(50)43(51)26-34/h9,12-14,16,18-19,25-27,30,32,36,38,41,45,53,56H,8,10-11,15,17,20-24,28-29H2,1-7H3/t32-,36-,38+,41-,45-,48-,49+/m0/s1. The highest BCUT2D eigenvalue weighted by Crippen LogP contribution is 2.59. The molecule has 320 valence electrons. The molecule has 10 heteroatoms. The summed E-state index contributed by atoms with van der Waals surface area (Å²) in [6.07, 6.45) is 7.10. The number of carbonyl (C=O) groups excluding carboxylic acids is 2. The van der Waals surface area contributed by atoms with Crippen LogP contribution >= 0.6 is 0 Å². The number of halogens is 2. The smallest absolute Gasteiger partial charge is 0.410 e. The van der Waals surface area contributed by atoms with E-state index >= 15 is 0 Å². The minimum Gasteiger partial charge on any atom is -0.497 e. The van der Waals surface area contributed by atoms with Crippen molar-refractivity contribution in [2.75, 3.05) is 20.8 Å². The molecule has 0 aliphatic heterocycles. The number of aliphatic hydroxyl groups excluding tert-OH is 1. The predicted octanol–water partition coefficient (Wildman–Crippen LogP) is 10.4. The lowest BCUT2D eigenvalue weighted by Gasteiger charge is -2.46. The van der Waals surface area contributed by atoms with Crippen LogP contribution in [0.4, 0.5) is 13.6 Å². The highest BCUT2D eigenvalue weighted by Gasteiger charge is 2.58. The van der Waals surface area contributed by atoms with Gasteiger partial charge in [0, 0.05) is 28.2 Å². The fourth-order valence-corrected chi connectivity index (χ4v) is 10.1. The molecule has 0 saturated heterocycles. The molecule has 8 nitrogen and oxygen atoms in total.